The molecule has 3 nitrogen and oxygen atoms in total. The molecular formula is C13H23NO2. The number of rotatable bonds is 6. The van der Waals surface area contributed by atoms with Crippen LogP contribution in [0.4, 0.5) is 0 Å². The molecule has 0 aromatic rings. The largest absolute Gasteiger partial charge is 0.311 e. The monoisotopic (exact) mass is 225 g/mol. The third kappa shape index (κ3) is 3.71. The highest BCUT2D eigenvalue weighted by atomic mass is 16.1. The SMILES string of the molecule is CN[C@@H](C)C(=O)C[C@H](C=O)C1CCCCC1. The first-order valence-electron chi connectivity index (χ1n) is 6.34. The van der Waals surface area contributed by atoms with E-state index in [1.54, 1.807) is 7.05 Å². The minimum Gasteiger partial charge on any atom is -0.311 e. The molecule has 0 amide bonds. The first-order valence-corrected chi connectivity index (χ1v) is 6.34. The third-order valence-corrected chi connectivity index (χ3v) is 3.78. The minimum absolute atomic E-state index is 0.0522. The van der Waals surface area contributed by atoms with E-state index in [0.29, 0.717) is 12.3 Å². The summed E-state index contributed by atoms with van der Waals surface area (Å²) in [7, 11) is 1.78. The van der Waals surface area contributed by atoms with E-state index >= 15 is 0 Å². The van der Waals surface area contributed by atoms with Crippen LogP contribution < -0.4 is 5.32 Å². The molecule has 0 spiro atoms. The molecule has 1 aliphatic carbocycles. The van der Waals surface area contributed by atoms with Crippen molar-refractivity contribution in [1.82, 2.24) is 5.32 Å². The minimum atomic E-state index is -0.133. The third-order valence-electron chi connectivity index (χ3n) is 3.78. The molecule has 1 saturated carbocycles. The second-order valence-electron chi connectivity index (χ2n) is 4.88. The Labute approximate surface area is 98.0 Å². The highest BCUT2D eigenvalue weighted by Gasteiger charge is 2.26. The summed E-state index contributed by atoms with van der Waals surface area (Å²) in [5.74, 6) is 0.549. The van der Waals surface area contributed by atoms with Crippen molar-refractivity contribution in [3.05, 3.63) is 0 Å². The Bertz CT molecular complexity index is 234. The summed E-state index contributed by atoms with van der Waals surface area (Å²) in [5.41, 5.74) is 0. The van der Waals surface area contributed by atoms with Gasteiger partial charge < -0.3 is 10.1 Å². The lowest BCUT2D eigenvalue weighted by Crippen LogP contribution is -2.34. The van der Waals surface area contributed by atoms with Gasteiger partial charge in [-0.25, -0.2) is 0 Å². The molecule has 92 valence electrons. The fourth-order valence-electron chi connectivity index (χ4n) is 2.46. The molecule has 2 atom stereocenters. The summed E-state index contributed by atoms with van der Waals surface area (Å²) in [4.78, 5) is 22.8. The predicted octanol–water partition coefficient (Wildman–Crippen LogP) is 1.95. The Hall–Kier alpha value is -0.700. The maximum Gasteiger partial charge on any atom is 0.150 e. The number of Topliss-reactive ketones (excluding diaryl/α,β-unsaturated/α-hetero) is 1. The van der Waals surface area contributed by atoms with Gasteiger partial charge in [-0.15, -0.1) is 0 Å². The fourth-order valence-corrected chi connectivity index (χ4v) is 2.46. The maximum atomic E-state index is 11.8. The molecule has 0 aliphatic heterocycles. The molecule has 1 rings (SSSR count). The van der Waals surface area contributed by atoms with Crippen molar-refractivity contribution < 1.29 is 9.59 Å². The zero-order valence-electron chi connectivity index (χ0n) is 10.4. The topological polar surface area (TPSA) is 46.2 Å². The van der Waals surface area contributed by atoms with Gasteiger partial charge in [0.05, 0.1) is 6.04 Å². The highest BCUT2D eigenvalue weighted by molar-refractivity contribution is 5.85. The van der Waals surface area contributed by atoms with E-state index in [9.17, 15) is 9.59 Å². The average Bonchev–Trinajstić information content (AvgIpc) is 2.35. The Kier molecular flexibility index (Phi) is 5.67. The summed E-state index contributed by atoms with van der Waals surface area (Å²) < 4.78 is 0. The lowest BCUT2D eigenvalue weighted by atomic mass is 9.78. The highest BCUT2D eigenvalue weighted by Crippen LogP contribution is 2.31. The van der Waals surface area contributed by atoms with Gasteiger partial charge >= 0.3 is 0 Å². The zero-order valence-corrected chi connectivity index (χ0v) is 10.4. The van der Waals surface area contributed by atoms with Crippen LogP contribution in [0.15, 0.2) is 0 Å². The van der Waals surface area contributed by atoms with Crippen LogP contribution in [0, 0.1) is 11.8 Å². The molecular weight excluding hydrogens is 202 g/mol. The van der Waals surface area contributed by atoms with Crippen LogP contribution in [0.1, 0.15) is 45.4 Å². The van der Waals surface area contributed by atoms with Crippen molar-refractivity contribution in [3.8, 4) is 0 Å². The number of carbonyl (C=O) groups is 2. The summed E-state index contributed by atoms with van der Waals surface area (Å²) in [6, 6.07) is -0.133. The zero-order chi connectivity index (χ0) is 12.0. The van der Waals surface area contributed by atoms with Gasteiger partial charge in [-0.1, -0.05) is 19.3 Å². The van der Waals surface area contributed by atoms with E-state index in [4.69, 9.17) is 0 Å². The van der Waals surface area contributed by atoms with Crippen LogP contribution in [0.3, 0.4) is 0 Å². The van der Waals surface area contributed by atoms with E-state index in [1.807, 2.05) is 6.92 Å². The van der Waals surface area contributed by atoms with E-state index in [2.05, 4.69) is 5.32 Å². The molecule has 0 aromatic heterocycles. The van der Waals surface area contributed by atoms with E-state index in [0.717, 1.165) is 19.1 Å². The molecule has 3 heteroatoms. The van der Waals surface area contributed by atoms with Crippen molar-refractivity contribution in [2.45, 2.75) is 51.5 Å². The summed E-state index contributed by atoms with van der Waals surface area (Å²) in [6.07, 6.45) is 7.35. The number of aldehydes is 1. The predicted molar refractivity (Wildman–Crippen MR) is 64.3 cm³/mol. The standard InChI is InChI=1S/C13H23NO2/c1-10(14-2)13(16)8-12(9-15)11-6-4-3-5-7-11/h9-12,14H,3-8H2,1-2H3/t10-,12+/m0/s1. The number of hydrogen-bond acceptors (Lipinski definition) is 3. The van der Waals surface area contributed by atoms with Crippen LogP contribution in [0.5, 0.6) is 0 Å². The number of likely N-dealkylation sites (N-methyl/N-ethyl adjacent to an activating group) is 1. The van der Waals surface area contributed by atoms with Gasteiger partial charge in [0.25, 0.3) is 0 Å². The first-order chi connectivity index (χ1) is 7.69. The van der Waals surface area contributed by atoms with Crippen molar-refractivity contribution in [3.63, 3.8) is 0 Å². The number of nitrogens with one attached hydrogen (secondary N) is 1. The summed E-state index contributed by atoms with van der Waals surface area (Å²) in [5, 5.41) is 2.93. The smallest absolute Gasteiger partial charge is 0.150 e. The van der Waals surface area contributed by atoms with E-state index < -0.39 is 0 Å². The first kappa shape index (κ1) is 13.4. The van der Waals surface area contributed by atoms with E-state index in [-0.39, 0.29) is 17.7 Å². The summed E-state index contributed by atoms with van der Waals surface area (Å²) >= 11 is 0. The lowest BCUT2D eigenvalue weighted by Gasteiger charge is -2.26. The van der Waals surface area contributed by atoms with Gasteiger partial charge in [0.15, 0.2) is 0 Å². The fraction of sp³-hybridized carbons (Fsp3) is 0.846. The van der Waals surface area contributed by atoms with Crippen molar-refractivity contribution in [1.29, 1.82) is 0 Å². The Balaban J connectivity index is 2.47. The second kappa shape index (κ2) is 6.79. The molecule has 1 aliphatic rings. The Morgan fingerprint density at radius 1 is 1.38 bits per heavy atom. The van der Waals surface area contributed by atoms with Crippen LogP contribution in [-0.4, -0.2) is 25.2 Å². The van der Waals surface area contributed by atoms with Crippen LogP contribution >= 0.6 is 0 Å². The van der Waals surface area contributed by atoms with Gasteiger partial charge in [0.2, 0.25) is 0 Å². The van der Waals surface area contributed by atoms with Gasteiger partial charge in [0, 0.05) is 12.3 Å². The number of carbonyl (C=O) groups excluding carboxylic acids is 2. The molecule has 0 bridgehead atoms. The van der Waals surface area contributed by atoms with Crippen molar-refractivity contribution >= 4 is 12.1 Å². The molecule has 0 heterocycles. The van der Waals surface area contributed by atoms with Gasteiger partial charge in [-0.3, -0.25) is 4.79 Å². The van der Waals surface area contributed by atoms with Crippen molar-refractivity contribution in [2.75, 3.05) is 7.05 Å². The number of hydrogen-bond donors (Lipinski definition) is 1. The van der Waals surface area contributed by atoms with Crippen LogP contribution in [0.25, 0.3) is 0 Å². The van der Waals surface area contributed by atoms with Gasteiger partial charge in [-0.2, -0.15) is 0 Å². The molecule has 0 saturated heterocycles. The maximum absolute atomic E-state index is 11.8. The lowest BCUT2D eigenvalue weighted by molar-refractivity contribution is -0.125. The second-order valence-corrected chi connectivity index (χ2v) is 4.88. The van der Waals surface area contributed by atoms with E-state index in [1.165, 1.54) is 19.3 Å². The molecule has 0 aromatic carbocycles. The average molecular weight is 225 g/mol. The Morgan fingerprint density at radius 3 is 2.50 bits per heavy atom. The number of ketones is 1. The van der Waals surface area contributed by atoms with Gasteiger partial charge in [-0.05, 0) is 32.7 Å². The van der Waals surface area contributed by atoms with Crippen molar-refractivity contribution in [2.24, 2.45) is 11.8 Å². The molecule has 1 N–H and O–H groups in total. The molecule has 0 unspecified atom stereocenters. The van der Waals surface area contributed by atoms with Crippen LogP contribution in [-0.2, 0) is 9.59 Å². The molecule has 16 heavy (non-hydrogen) atoms. The molecule has 0 radical (unpaired) electrons. The molecule has 1 fully saturated rings. The summed E-state index contributed by atoms with van der Waals surface area (Å²) in [6.45, 7) is 1.85. The Morgan fingerprint density at radius 2 is 2.00 bits per heavy atom. The normalized spacial score (nSPS) is 21.4. The van der Waals surface area contributed by atoms with Gasteiger partial charge in [0.1, 0.15) is 12.1 Å². The quantitative estimate of drug-likeness (QED) is 0.703. The van der Waals surface area contributed by atoms with Crippen LogP contribution in [0.2, 0.25) is 0 Å².